The van der Waals surface area contributed by atoms with Gasteiger partial charge in [0.05, 0.1) is 0 Å². The first kappa shape index (κ1) is 16.4. The Morgan fingerprint density at radius 1 is 1.35 bits per heavy atom. The smallest absolute Gasteiger partial charge is 0.320 e. The molecule has 1 rings (SSSR count). The van der Waals surface area contributed by atoms with Crippen LogP contribution in [0.15, 0.2) is 0 Å². The maximum Gasteiger partial charge on any atom is 0.320 e. The molecule has 3 N–H and O–H groups in total. The van der Waals surface area contributed by atoms with Crippen LogP contribution in [0.5, 0.6) is 0 Å². The summed E-state index contributed by atoms with van der Waals surface area (Å²) in [7, 11) is 0. The Balaban J connectivity index is 0.00000121. The fourth-order valence-corrected chi connectivity index (χ4v) is 2.75. The van der Waals surface area contributed by atoms with Crippen LogP contribution >= 0.6 is 0 Å². The van der Waals surface area contributed by atoms with Gasteiger partial charge in [-0.25, -0.2) is 0 Å². The summed E-state index contributed by atoms with van der Waals surface area (Å²) >= 11 is 0. The highest BCUT2D eigenvalue weighted by atomic mass is 16.4. The number of carbonyl (C=O) groups is 1. The molecule has 3 nitrogen and oxygen atoms in total. The van der Waals surface area contributed by atoms with Crippen LogP contribution in [-0.4, -0.2) is 17.1 Å². The number of nitrogens with two attached hydrogens (primary N) is 1. The first-order valence-corrected chi connectivity index (χ1v) is 7.13. The van der Waals surface area contributed by atoms with Gasteiger partial charge in [0.15, 0.2) is 0 Å². The lowest BCUT2D eigenvalue weighted by molar-refractivity contribution is -0.138. The van der Waals surface area contributed by atoms with Crippen LogP contribution in [0.2, 0.25) is 0 Å². The second-order valence-electron chi connectivity index (χ2n) is 4.73. The van der Waals surface area contributed by atoms with Gasteiger partial charge in [-0.2, -0.15) is 0 Å². The standard InChI is InChI=1S/C12H23NO2.C2H6/c1-2-9-5-3-6-10(9)7-4-8-11(13)12(14)15;1-2/h9-11H,2-8,13H2,1H3,(H,14,15);1-2H3. The van der Waals surface area contributed by atoms with Gasteiger partial charge in [-0.05, 0) is 18.3 Å². The minimum absolute atomic E-state index is 0.627. The van der Waals surface area contributed by atoms with Gasteiger partial charge in [-0.15, -0.1) is 0 Å². The van der Waals surface area contributed by atoms with Gasteiger partial charge in [0.25, 0.3) is 0 Å². The number of hydrogen-bond acceptors (Lipinski definition) is 2. The molecule has 17 heavy (non-hydrogen) atoms. The maximum atomic E-state index is 10.5. The van der Waals surface area contributed by atoms with Gasteiger partial charge in [0, 0.05) is 0 Å². The molecule has 0 amide bonds. The van der Waals surface area contributed by atoms with E-state index in [0.717, 1.165) is 18.3 Å². The van der Waals surface area contributed by atoms with Gasteiger partial charge in [-0.1, -0.05) is 59.3 Å². The van der Waals surface area contributed by atoms with Gasteiger partial charge in [-0.3, -0.25) is 4.79 Å². The molecule has 0 aromatic carbocycles. The molecule has 3 heteroatoms. The highest BCUT2D eigenvalue weighted by Crippen LogP contribution is 2.37. The summed E-state index contributed by atoms with van der Waals surface area (Å²) in [4.78, 5) is 10.5. The van der Waals surface area contributed by atoms with E-state index in [2.05, 4.69) is 6.92 Å². The Labute approximate surface area is 106 Å². The molecule has 0 heterocycles. The van der Waals surface area contributed by atoms with Crippen molar-refractivity contribution >= 4 is 5.97 Å². The SMILES string of the molecule is CC.CCC1CCCC1CCCC(N)C(=O)O. The third-order valence-electron chi connectivity index (χ3n) is 3.75. The second kappa shape index (κ2) is 9.46. The summed E-state index contributed by atoms with van der Waals surface area (Å²) in [6.45, 7) is 6.26. The van der Waals surface area contributed by atoms with E-state index in [1.54, 1.807) is 0 Å². The quantitative estimate of drug-likeness (QED) is 0.751. The molecule has 1 saturated carbocycles. The largest absolute Gasteiger partial charge is 0.480 e. The van der Waals surface area contributed by atoms with Crippen LogP contribution in [0.25, 0.3) is 0 Å². The van der Waals surface area contributed by atoms with Crippen molar-refractivity contribution in [3.63, 3.8) is 0 Å². The van der Waals surface area contributed by atoms with E-state index in [-0.39, 0.29) is 0 Å². The molecule has 0 aromatic heterocycles. The van der Waals surface area contributed by atoms with Crippen LogP contribution in [-0.2, 0) is 4.79 Å². The Kier molecular flexibility index (Phi) is 9.14. The number of hydrogen-bond donors (Lipinski definition) is 2. The Bertz CT molecular complexity index is 206. The lowest BCUT2D eigenvalue weighted by atomic mass is 9.89. The van der Waals surface area contributed by atoms with Crippen molar-refractivity contribution in [2.24, 2.45) is 17.6 Å². The van der Waals surface area contributed by atoms with E-state index in [1.165, 1.54) is 32.1 Å². The Morgan fingerprint density at radius 2 is 1.94 bits per heavy atom. The average molecular weight is 243 g/mol. The molecule has 0 spiro atoms. The second-order valence-corrected chi connectivity index (χ2v) is 4.73. The molecule has 3 unspecified atom stereocenters. The molecular weight excluding hydrogens is 214 g/mol. The van der Waals surface area contributed by atoms with Gasteiger partial charge in [0.1, 0.15) is 6.04 Å². The third kappa shape index (κ3) is 6.06. The van der Waals surface area contributed by atoms with Crippen molar-refractivity contribution in [3.8, 4) is 0 Å². The summed E-state index contributed by atoms with van der Waals surface area (Å²) in [6.07, 6.45) is 8.09. The minimum atomic E-state index is -0.867. The maximum absolute atomic E-state index is 10.5. The van der Waals surface area contributed by atoms with E-state index in [4.69, 9.17) is 10.8 Å². The highest BCUT2D eigenvalue weighted by molar-refractivity contribution is 5.72. The summed E-state index contributed by atoms with van der Waals surface area (Å²) < 4.78 is 0. The molecule has 0 aliphatic heterocycles. The molecule has 1 aliphatic rings. The van der Waals surface area contributed by atoms with E-state index >= 15 is 0 Å². The Hall–Kier alpha value is -0.570. The molecule has 0 radical (unpaired) electrons. The van der Waals surface area contributed by atoms with Crippen LogP contribution < -0.4 is 5.73 Å². The molecule has 3 atom stereocenters. The topological polar surface area (TPSA) is 63.3 Å². The van der Waals surface area contributed by atoms with Crippen LogP contribution in [0.4, 0.5) is 0 Å². The van der Waals surface area contributed by atoms with Crippen molar-refractivity contribution in [1.29, 1.82) is 0 Å². The van der Waals surface area contributed by atoms with Gasteiger partial charge in [0.2, 0.25) is 0 Å². The first-order chi connectivity index (χ1) is 8.15. The van der Waals surface area contributed by atoms with Crippen LogP contribution in [0.1, 0.15) is 65.7 Å². The van der Waals surface area contributed by atoms with Crippen molar-refractivity contribution in [1.82, 2.24) is 0 Å². The zero-order valence-electron chi connectivity index (χ0n) is 11.6. The zero-order chi connectivity index (χ0) is 13.3. The third-order valence-corrected chi connectivity index (χ3v) is 3.75. The molecule has 1 fully saturated rings. The van der Waals surface area contributed by atoms with E-state index in [9.17, 15) is 4.79 Å². The van der Waals surface area contributed by atoms with Crippen LogP contribution in [0.3, 0.4) is 0 Å². The summed E-state index contributed by atoms with van der Waals surface area (Å²) in [5, 5.41) is 8.65. The van der Waals surface area contributed by atoms with E-state index in [0.29, 0.717) is 6.42 Å². The zero-order valence-corrected chi connectivity index (χ0v) is 11.6. The monoisotopic (exact) mass is 243 g/mol. The van der Waals surface area contributed by atoms with Crippen molar-refractivity contribution in [2.45, 2.75) is 71.8 Å². The van der Waals surface area contributed by atoms with E-state index < -0.39 is 12.0 Å². The normalized spacial score (nSPS) is 24.9. The molecular formula is C14H29NO2. The molecule has 102 valence electrons. The predicted molar refractivity (Wildman–Crippen MR) is 71.9 cm³/mol. The lowest BCUT2D eigenvalue weighted by Crippen LogP contribution is -2.29. The minimum Gasteiger partial charge on any atom is -0.480 e. The average Bonchev–Trinajstić information content (AvgIpc) is 2.79. The van der Waals surface area contributed by atoms with Gasteiger partial charge >= 0.3 is 5.97 Å². The summed E-state index contributed by atoms with van der Waals surface area (Å²) in [5.41, 5.74) is 5.47. The molecule has 0 aromatic rings. The summed E-state index contributed by atoms with van der Waals surface area (Å²) in [5.74, 6) is 0.843. The van der Waals surface area contributed by atoms with Crippen molar-refractivity contribution < 1.29 is 9.90 Å². The Morgan fingerprint density at radius 3 is 2.47 bits per heavy atom. The molecule has 1 aliphatic carbocycles. The highest BCUT2D eigenvalue weighted by Gasteiger charge is 2.25. The fourth-order valence-electron chi connectivity index (χ4n) is 2.75. The van der Waals surface area contributed by atoms with E-state index in [1.807, 2.05) is 13.8 Å². The van der Waals surface area contributed by atoms with Crippen molar-refractivity contribution in [3.05, 3.63) is 0 Å². The van der Waals surface area contributed by atoms with Gasteiger partial charge < -0.3 is 10.8 Å². The lowest BCUT2D eigenvalue weighted by Gasteiger charge is -2.18. The summed E-state index contributed by atoms with van der Waals surface area (Å²) in [6, 6.07) is -0.661. The number of rotatable bonds is 6. The fraction of sp³-hybridized carbons (Fsp3) is 0.929. The van der Waals surface area contributed by atoms with Crippen molar-refractivity contribution in [2.75, 3.05) is 0 Å². The molecule has 0 saturated heterocycles. The van der Waals surface area contributed by atoms with Crippen LogP contribution in [0, 0.1) is 11.8 Å². The number of aliphatic carboxylic acids is 1. The molecule has 0 bridgehead atoms. The number of carboxylic acids is 1. The predicted octanol–water partition coefficient (Wildman–Crippen LogP) is 3.42. The first-order valence-electron chi connectivity index (χ1n) is 7.13. The number of carboxylic acid groups (broad SMARTS) is 1.